The van der Waals surface area contributed by atoms with Gasteiger partial charge in [-0.15, -0.1) is 0 Å². The number of methoxy groups -OCH3 is 1. The molecule has 0 N–H and O–H groups in total. The second-order valence-corrected chi connectivity index (χ2v) is 7.54. The van der Waals surface area contributed by atoms with Gasteiger partial charge in [-0.05, 0) is 49.4 Å². The van der Waals surface area contributed by atoms with Gasteiger partial charge in [0.25, 0.3) is 0 Å². The molecule has 1 heterocycles. The Balaban J connectivity index is 1.61. The van der Waals surface area contributed by atoms with Crippen LogP contribution in [0.2, 0.25) is 0 Å². The van der Waals surface area contributed by atoms with Crippen LogP contribution in [0.25, 0.3) is 0 Å². The number of amides is 1. The fourth-order valence-electron chi connectivity index (χ4n) is 3.74. The van der Waals surface area contributed by atoms with E-state index in [0.29, 0.717) is 12.8 Å². The van der Waals surface area contributed by atoms with Crippen LogP contribution in [0.3, 0.4) is 0 Å². The first-order valence-electron chi connectivity index (χ1n) is 9.99. The average molecular weight is 421 g/mol. The molecule has 2 aromatic rings. The largest absolute Gasteiger partial charge is 0.493 e. The summed E-state index contributed by atoms with van der Waals surface area (Å²) in [5, 5.41) is 0. The van der Waals surface area contributed by atoms with E-state index in [1.807, 2.05) is 11.8 Å². The Morgan fingerprint density at radius 2 is 1.87 bits per heavy atom. The second-order valence-electron chi connectivity index (χ2n) is 7.54. The maximum atomic E-state index is 12.8. The molecular weight excluding hydrogens is 395 g/mol. The molecule has 3 rings (SSSR count). The van der Waals surface area contributed by atoms with Crippen molar-refractivity contribution in [2.24, 2.45) is 0 Å². The van der Waals surface area contributed by atoms with Crippen LogP contribution in [-0.2, 0) is 11.2 Å². The minimum atomic E-state index is -4.42. The summed E-state index contributed by atoms with van der Waals surface area (Å²) in [5.74, 6) is 0.334. The number of carbonyl (C=O) groups is 1. The normalized spacial score (nSPS) is 16.6. The van der Waals surface area contributed by atoms with E-state index < -0.39 is 12.8 Å². The molecule has 1 unspecified atom stereocenters. The molecule has 0 saturated carbocycles. The van der Waals surface area contributed by atoms with E-state index >= 15 is 0 Å². The van der Waals surface area contributed by atoms with Gasteiger partial charge in [-0.3, -0.25) is 4.79 Å². The van der Waals surface area contributed by atoms with Crippen molar-refractivity contribution in [1.29, 1.82) is 0 Å². The molecule has 1 atom stereocenters. The number of hydrogen-bond acceptors (Lipinski definition) is 3. The number of benzene rings is 2. The summed E-state index contributed by atoms with van der Waals surface area (Å²) in [7, 11) is 1.38. The molecule has 0 aromatic heterocycles. The minimum absolute atomic E-state index is 0.0314. The zero-order valence-electron chi connectivity index (χ0n) is 17.2. The van der Waals surface area contributed by atoms with Crippen LogP contribution in [0.1, 0.15) is 42.0 Å². The van der Waals surface area contributed by atoms with E-state index in [1.165, 1.54) is 18.7 Å². The number of hydrogen-bond donors (Lipinski definition) is 0. The van der Waals surface area contributed by atoms with Gasteiger partial charge in [0, 0.05) is 13.0 Å². The van der Waals surface area contributed by atoms with Gasteiger partial charge in [0.1, 0.15) is 0 Å². The SMILES string of the molecule is COc1cc(CCC(=O)N2CCCC2c2ccc(C)cc2)ccc1OCC(F)(F)F. The van der Waals surface area contributed by atoms with Crippen molar-refractivity contribution in [3.05, 3.63) is 59.2 Å². The second kappa shape index (κ2) is 9.41. The smallest absolute Gasteiger partial charge is 0.422 e. The number of aryl methyl sites for hydroxylation is 2. The number of alkyl halides is 3. The van der Waals surface area contributed by atoms with Gasteiger partial charge in [0.2, 0.25) is 5.91 Å². The molecule has 0 radical (unpaired) electrons. The molecule has 1 fully saturated rings. The molecule has 1 saturated heterocycles. The fourth-order valence-corrected chi connectivity index (χ4v) is 3.74. The lowest BCUT2D eigenvalue weighted by Crippen LogP contribution is -2.30. The van der Waals surface area contributed by atoms with Gasteiger partial charge in [-0.1, -0.05) is 35.9 Å². The Morgan fingerprint density at radius 1 is 1.13 bits per heavy atom. The summed E-state index contributed by atoms with van der Waals surface area (Å²) >= 11 is 0. The predicted octanol–water partition coefficient (Wildman–Crippen LogP) is 5.24. The maximum absolute atomic E-state index is 12.8. The Morgan fingerprint density at radius 3 is 2.53 bits per heavy atom. The summed E-state index contributed by atoms with van der Waals surface area (Å²) < 4.78 is 47.1. The van der Waals surface area contributed by atoms with E-state index in [2.05, 4.69) is 24.3 Å². The summed E-state index contributed by atoms with van der Waals surface area (Å²) in [4.78, 5) is 14.8. The van der Waals surface area contributed by atoms with Gasteiger partial charge < -0.3 is 14.4 Å². The highest BCUT2D eigenvalue weighted by molar-refractivity contribution is 5.77. The summed E-state index contributed by atoms with van der Waals surface area (Å²) in [5.41, 5.74) is 3.15. The quantitative estimate of drug-likeness (QED) is 0.614. The molecule has 2 aromatic carbocycles. The lowest BCUT2D eigenvalue weighted by atomic mass is 10.0. The Hall–Kier alpha value is -2.70. The molecule has 4 nitrogen and oxygen atoms in total. The molecule has 30 heavy (non-hydrogen) atoms. The first-order chi connectivity index (χ1) is 14.3. The predicted molar refractivity (Wildman–Crippen MR) is 108 cm³/mol. The van der Waals surface area contributed by atoms with Crippen molar-refractivity contribution < 1.29 is 27.4 Å². The topological polar surface area (TPSA) is 38.8 Å². The van der Waals surface area contributed by atoms with E-state index in [-0.39, 0.29) is 23.4 Å². The molecular formula is C23H26F3NO3. The summed E-state index contributed by atoms with van der Waals surface area (Å²) in [6.45, 7) is 1.40. The molecule has 1 amide bonds. The summed E-state index contributed by atoms with van der Waals surface area (Å²) in [6, 6.07) is 13.1. The number of halogens is 3. The van der Waals surface area contributed by atoms with Gasteiger partial charge in [-0.2, -0.15) is 13.2 Å². The Labute approximate surface area is 174 Å². The fraction of sp³-hybridized carbons (Fsp3) is 0.435. The van der Waals surface area contributed by atoms with Crippen LogP contribution in [0.4, 0.5) is 13.2 Å². The van der Waals surface area contributed by atoms with Crippen LogP contribution in [-0.4, -0.2) is 37.2 Å². The van der Waals surface area contributed by atoms with E-state index in [1.54, 1.807) is 12.1 Å². The third kappa shape index (κ3) is 5.68. The number of nitrogens with zero attached hydrogens (tertiary/aromatic N) is 1. The number of carbonyl (C=O) groups excluding carboxylic acids is 1. The van der Waals surface area contributed by atoms with Crippen molar-refractivity contribution in [2.45, 2.75) is 44.8 Å². The van der Waals surface area contributed by atoms with Crippen molar-refractivity contribution in [1.82, 2.24) is 4.90 Å². The number of likely N-dealkylation sites (tertiary alicyclic amines) is 1. The van der Waals surface area contributed by atoms with Gasteiger partial charge in [0.05, 0.1) is 13.2 Å². The molecule has 1 aliphatic heterocycles. The summed E-state index contributed by atoms with van der Waals surface area (Å²) in [6.07, 6.45) is -1.68. The standard InChI is InChI=1S/C23H26F3NO3/c1-16-5-9-18(10-6-16)19-4-3-13-27(19)22(28)12-8-17-7-11-20(21(14-17)29-2)30-15-23(24,25)26/h5-7,9-11,14,19H,3-4,8,12-13,15H2,1-2H3. The Bertz CT molecular complexity index is 865. The molecule has 162 valence electrons. The number of ether oxygens (including phenoxy) is 2. The van der Waals surface area contributed by atoms with Gasteiger partial charge in [0.15, 0.2) is 18.1 Å². The highest BCUT2D eigenvalue weighted by Crippen LogP contribution is 2.33. The van der Waals surface area contributed by atoms with Crippen LogP contribution < -0.4 is 9.47 Å². The lowest BCUT2D eigenvalue weighted by Gasteiger charge is -2.25. The zero-order chi connectivity index (χ0) is 21.7. The van der Waals surface area contributed by atoms with E-state index in [0.717, 1.165) is 30.5 Å². The first-order valence-corrected chi connectivity index (χ1v) is 9.99. The highest BCUT2D eigenvalue weighted by Gasteiger charge is 2.30. The minimum Gasteiger partial charge on any atom is -0.493 e. The molecule has 0 aliphatic carbocycles. The van der Waals surface area contributed by atoms with Crippen LogP contribution in [0.5, 0.6) is 11.5 Å². The van der Waals surface area contributed by atoms with E-state index in [9.17, 15) is 18.0 Å². The van der Waals surface area contributed by atoms with Crippen LogP contribution in [0.15, 0.2) is 42.5 Å². The van der Waals surface area contributed by atoms with Crippen LogP contribution in [0, 0.1) is 6.92 Å². The highest BCUT2D eigenvalue weighted by atomic mass is 19.4. The maximum Gasteiger partial charge on any atom is 0.422 e. The van der Waals surface area contributed by atoms with Crippen molar-refractivity contribution in [3.8, 4) is 11.5 Å². The molecule has 7 heteroatoms. The Kier molecular flexibility index (Phi) is 6.90. The van der Waals surface area contributed by atoms with E-state index in [4.69, 9.17) is 9.47 Å². The number of rotatable bonds is 7. The van der Waals surface area contributed by atoms with Gasteiger partial charge in [-0.25, -0.2) is 0 Å². The monoisotopic (exact) mass is 421 g/mol. The molecule has 1 aliphatic rings. The van der Waals surface area contributed by atoms with Crippen molar-refractivity contribution in [2.75, 3.05) is 20.3 Å². The zero-order valence-corrected chi connectivity index (χ0v) is 17.2. The van der Waals surface area contributed by atoms with Crippen molar-refractivity contribution in [3.63, 3.8) is 0 Å². The average Bonchev–Trinajstić information content (AvgIpc) is 3.20. The van der Waals surface area contributed by atoms with Gasteiger partial charge >= 0.3 is 6.18 Å². The molecule has 0 bridgehead atoms. The first kappa shape index (κ1) is 22.0. The molecule has 0 spiro atoms. The third-order valence-electron chi connectivity index (χ3n) is 5.28. The third-order valence-corrected chi connectivity index (χ3v) is 5.28. The lowest BCUT2D eigenvalue weighted by molar-refractivity contribution is -0.153. The van der Waals surface area contributed by atoms with Crippen LogP contribution >= 0.6 is 0 Å². The van der Waals surface area contributed by atoms with Crippen molar-refractivity contribution >= 4 is 5.91 Å².